The van der Waals surface area contributed by atoms with Crippen LogP contribution in [0, 0.1) is 0 Å². The van der Waals surface area contributed by atoms with E-state index in [2.05, 4.69) is 10.2 Å². The molecule has 1 aliphatic heterocycles. The van der Waals surface area contributed by atoms with E-state index in [1.807, 2.05) is 50.2 Å². The molecule has 138 valence electrons. The van der Waals surface area contributed by atoms with Crippen LogP contribution in [0.4, 0.5) is 5.00 Å². The minimum absolute atomic E-state index is 0.113. The molecule has 0 aliphatic carbocycles. The van der Waals surface area contributed by atoms with Gasteiger partial charge in [-0.15, -0.1) is 11.3 Å². The maximum atomic E-state index is 12.2. The summed E-state index contributed by atoms with van der Waals surface area (Å²) in [7, 11) is 1.38. The van der Waals surface area contributed by atoms with Crippen molar-refractivity contribution in [2.45, 2.75) is 26.1 Å². The van der Waals surface area contributed by atoms with Gasteiger partial charge in [0.25, 0.3) is 0 Å². The lowest BCUT2D eigenvalue weighted by Crippen LogP contribution is -2.49. The monoisotopic (exact) mass is 390 g/mol. The Kier molecular flexibility index (Phi) is 5.90. The average Bonchev–Trinajstić information content (AvgIpc) is 3.04. The van der Waals surface area contributed by atoms with Gasteiger partial charge in [0.2, 0.25) is 0 Å². The highest BCUT2D eigenvalue weighted by Gasteiger charge is 2.25. The maximum absolute atomic E-state index is 12.2. The lowest BCUT2D eigenvalue weighted by atomic mass is 10.1. The van der Waals surface area contributed by atoms with Crippen molar-refractivity contribution >= 4 is 39.6 Å². The molecule has 0 saturated carbocycles. The zero-order valence-electron chi connectivity index (χ0n) is 15.0. The number of rotatable bonds is 3. The Hall–Kier alpha value is -1.96. The highest BCUT2D eigenvalue weighted by molar-refractivity contribution is 7.80. The second-order valence-corrected chi connectivity index (χ2v) is 7.74. The van der Waals surface area contributed by atoms with Crippen LogP contribution >= 0.6 is 23.6 Å². The first-order chi connectivity index (χ1) is 12.5. The molecule has 0 unspecified atom stereocenters. The van der Waals surface area contributed by atoms with Crippen LogP contribution < -0.4 is 5.32 Å². The topological polar surface area (TPSA) is 50.8 Å². The quantitative estimate of drug-likeness (QED) is 0.631. The number of hydrogen-bond donors (Lipinski definition) is 1. The third-order valence-electron chi connectivity index (χ3n) is 4.12. The van der Waals surface area contributed by atoms with Gasteiger partial charge in [-0.3, -0.25) is 0 Å². The first-order valence-corrected chi connectivity index (χ1v) is 9.69. The number of morpholine rings is 1. The molecule has 1 fully saturated rings. The van der Waals surface area contributed by atoms with Crippen LogP contribution in [0.3, 0.4) is 0 Å². The zero-order chi connectivity index (χ0) is 18.7. The van der Waals surface area contributed by atoms with Gasteiger partial charge < -0.3 is 19.7 Å². The highest BCUT2D eigenvalue weighted by Crippen LogP contribution is 2.36. The molecule has 0 bridgehead atoms. The SMILES string of the molecule is COC(=O)c1cc(-c2ccccc2)sc1NC(=S)N1C[C@H](C)O[C@@H](C)C1. The Bertz CT molecular complexity index is 781. The van der Waals surface area contributed by atoms with Crippen LogP contribution in [-0.4, -0.2) is 48.4 Å². The van der Waals surface area contributed by atoms with Gasteiger partial charge in [0, 0.05) is 18.0 Å². The summed E-state index contributed by atoms with van der Waals surface area (Å²) in [6.45, 7) is 5.51. The minimum Gasteiger partial charge on any atom is -0.465 e. The number of nitrogens with one attached hydrogen (secondary N) is 1. The molecular weight excluding hydrogens is 368 g/mol. The Labute approximate surface area is 162 Å². The number of methoxy groups -OCH3 is 1. The molecule has 3 rings (SSSR count). The molecule has 1 aromatic carbocycles. The summed E-state index contributed by atoms with van der Waals surface area (Å²) in [5.41, 5.74) is 1.54. The summed E-state index contributed by atoms with van der Waals surface area (Å²) < 4.78 is 10.7. The van der Waals surface area contributed by atoms with E-state index in [0.717, 1.165) is 23.5 Å². The molecule has 2 heterocycles. The molecule has 0 spiro atoms. The van der Waals surface area contributed by atoms with Gasteiger partial charge in [0.05, 0.1) is 24.9 Å². The van der Waals surface area contributed by atoms with Crippen molar-refractivity contribution in [3.8, 4) is 10.4 Å². The Morgan fingerprint density at radius 3 is 2.54 bits per heavy atom. The summed E-state index contributed by atoms with van der Waals surface area (Å²) in [5.74, 6) is -0.377. The van der Waals surface area contributed by atoms with Crippen molar-refractivity contribution in [2.75, 3.05) is 25.5 Å². The number of thiophene rings is 1. The Balaban J connectivity index is 1.85. The standard InChI is InChI=1S/C19H22N2O3S2/c1-12-10-21(11-13(2)24-12)19(25)20-17-15(18(22)23-3)9-16(26-17)14-7-5-4-6-8-14/h4-9,12-13H,10-11H2,1-3H3,(H,20,25)/t12-,13-/m0/s1. The Morgan fingerprint density at radius 1 is 1.27 bits per heavy atom. The fraction of sp³-hybridized carbons (Fsp3) is 0.368. The van der Waals surface area contributed by atoms with Crippen molar-refractivity contribution < 1.29 is 14.3 Å². The number of thiocarbonyl (C=S) groups is 1. The van der Waals surface area contributed by atoms with Crippen LogP contribution in [0.2, 0.25) is 0 Å². The second-order valence-electron chi connectivity index (χ2n) is 6.30. The van der Waals surface area contributed by atoms with Gasteiger partial charge in [-0.25, -0.2) is 4.79 Å². The number of nitrogens with zero attached hydrogens (tertiary/aromatic N) is 1. The number of carbonyl (C=O) groups excluding carboxylic acids is 1. The molecule has 1 saturated heterocycles. The molecule has 1 N–H and O–H groups in total. The van der Waals surface area contributed by atoms with E-state index in [4.69, 9.17) is 21.7 Å². The predicted octanol–water partition coefficient (Wildman–Crippen LogP) is 4.01. The number of ether oxygens (including phenoxy) is 2. The van der Waals surface area contributed by atoms with Gasteiger partial charge >= 0.3 is 5.97 Å². The third-order valence-corrected chi connectivity index (χ3v) is 5.58. The first-order valence-electron chi connectivity index (χ1n) is 8.47. The van der Waals surface area contributed by atoms with E-state index in [0.29, 0.717) is 15.7 Å². The lowest BCUT2D eigenvalue weighted by Gasteiger charge is -2.36. The fourth-order valence-electron chi connectivity index (χ4n) is 3.01. The summed E-state index contributed by atoms with van der Waals surface area (Å²) in [6.07, 6.45) is 0.226. The molecule has 2 aromatic rings. The van der Waals surface area contributed by atoms with E-state index in [9.17, 15) is 4.79 Å². The normalized spacial score (nSPS) is 19.9. The fourth-order valence-corrected chi connectivity index (χ4v) is 4.38. The molecule has 26 heavy (non-hydrogen) atoms. The lowest BCUT2D eigenvalue weighted by molar-refractivity contribution is -0.0473. The third kappa shape index (κ3) is 4.23. The molecule has 1 aromatic heterocycles. The van der Waals surface area contributed by atoms with E-state index >= 15 is 0 Å². The van der Waals surface area contributed by atoms with E-state index in [-0.39, 0.29) is 18.2 Å². The van der Waals surface area contributed by atoms with Crippen LogP contribution in [0.1, 0.15) is 24.2 Å². The van der Waals surface area contributed by atoms with Gasteiger partial charge in [-0.1, -0.05) is 30.3 Å². The van der Waals surface area contributed by atoms with E-state index < -0.39 is 0 Å². The molecule has 5 nitrogen and oxygen atoms in total. The molecule has 7 heteroatoms. The number of benzene rings is 1. The van der Waals surface area contributed by atoms with Crippen molar-refractivity contribution in [3.63, 3.8) is 0 Å². The van der Waals surface area contributed by atoms with Gasteiger partial charge in [0.1, 0.15) is 5.00 Å². The average molecular weight is 391 g/mol. The largest absolute Gasteiger partial charge is 0.465 e. The molecule has 1 aliphatic rings. The van der Waals surface area contributed by atoms with Gasteiger partial charge in [0.15, 0.2) is 5.11 Å². The Morgan fingerprint density at radius 2 is 1.92 bits per heavy atom. The van der Waals surface area contributed by atoms with Crippen LogP contribution in [-0.2, 0) is 9.47 Å². The van der Waals surface area contributed by atoms with Gasteiger partial charge in [-0.05, 0) is 37.7 Å². The summed E-state index contributed by atoms with van der Waals surface area (Å²) in [4.78, 5) is 15.3. The van der Waals surface area contributed by atoms with Crippen molar-refractivity contribution in [1.29, 1.82) is 0 Å². The van der Waals surface area contributed by atoms with Gasteiger partial charge in [-0.2, -0.15) is 0 Å². The summed E-state index contributed by atoms with van der Waals surface area (Å²) in [5, 5.41) is 4.54. The van der Waals surface area contributed by atoms with Crippen molar-refractivity contribution in [1.82, 2.24) is 4.90 Å². The number of carbonyl (C=O) groups is 1. The molecular formula is C19H22N2O3S2. The number of esters is 1. The van der Waals surface area contributed by atoms with Crippen LogP contribution in [0.15, 0.2) is 36.4 Å². The molecule has 0 amide bonds. The first kappa shape index (κ1) is 18.8. The number of hydrogen-bond acceptors (Lipinski definition) is 5. The van der Waals surface area contributed by atoms with Crippen LogP contribution in [0.25, 0.3) is 10.4 Å². The number of anilines is 1. The highest BCUT2D eigenvalue weighted by atomic mass is 32.1. The van der Waals surface area contributed by atoms with E-state index in [1.165, 1.54) is 18.4 Å². The van der Waals surface area contributed by atoms with Crippen molar-refractivity contribution in [3.05, 3.63) is 42.0 Å². The minimum atomic E-state index is -0.377. The van der Waals surface area contributed by atoms with Crippen LogP contribution in [0.5, 0.6) is 0 Å². The summed E-state index contributed by atoms with van der Waals surface area (Å²) >= 11 is 7.08. The smallest absolute Gasteiger partial charge is 0.340 e. The molecule has 2 atom stereocenters. The second kappa shape index (κ2) is 8.16. The van der Waals surface area contributed by atoms with Crippen molar-refractivity contribution in [2.24, 2.45) is 0 Å². The van der Waals surface area contributed by atoms with E-state index in [1.54, 1.807) is 0 Å². The predicted molar refractivity (Wildman–Crippen MR) is 109 cm³/mol. The zero-order valence-corrected chi connectivity index (χ0v) is 16.7. The maximum Gasteiger partial charge on any atom is 0.340 e. The summed E-state index contributed by atoms with van der Waals surface area (Å²) in [6, 6.07) is 11.8. The molecule has 0 radical (unpaired) electrons.